The Balaban J connectivity index is 2.70. The average molecular weight is 234 g/mol. The molecule has 1 aromatic carbocycles. The van der Waals surface area contributed by atoms with E-state index in [0.29, 0.717) is 0 Å². The van der Waals surface area contributed by atoms with Gasteiger partial charge in [0.25, 0.3) is 0 Å². The van der Waals surface area contributed by atoms with Crippen LogP contribution in [0.25, 0.3) is 0 Å². The number of benzene rings is 1. The van der Waals surface area contributed by atoms with Crippen LogP contribution in [0.1, 0.15) is 17.7 Å². The zero-order valence-corrected chi connectivity index (χ0v) is 9.73. The van der Waals surface area contributed by atoms with Crippen LogP contribution in [0.2, 0.25) is 0 Å². The smallest absolute Gasteiger partial charge is 0.308 e. The van der Waals surface area contributed by atoms with E-state index in [0.717, 1.165) is 16.9 Å². The number of rotatable bonds is 3. The highest BCUT2D eigenvalue weighted by Crippen LogP contribution is 2.64. The molecule has 2 nitrogen and oxygen atoms in total. The maximum absolute atomic E-state index is 11.0. The van der Waals surface area contributed by atoms with Crippen LogP contribution in [0.15, 0.2) is 30.3 Å². The first-order valence-corrected chi connectivity index (χ1v) is 8.07. The molecule has 0 aliphatic rings. The van der Waals surface area contributed by atoms with E-state index in [2.05, 4.69) is 12.2 Å². The van der Waals surface area contributed by atoms with Crippen molar-refractivity contribution in [1.29, 1.82) is 0 Å². The molecule has 2 unspecified atom stereocenters. The molecule has 72 valence electrons. The number of thiol groups is 1. The van der Waals surface area contributed by atoms with Gasteiger partial charge in [-0.15, -0.1) is 0 Å². The van der Waals surface area contributed by atoms with Gasteiger partial charge in [-0.3, -0.25) is 4.57 Å². The Morgan fingerprint density at radius 1 is 1.46 bits per heavy atom. The molecule has 0 amide bonds. The van der Waals surface area contributed by atoms with Gasteiger partial charge in [0, 0.05) is 5.25 Å². The van der Waals surface area contributed by atoms with Crippen LogP contribution in [-0.2, 0) is 4.57 Å². The van der Waals surface area contributed by atoms with Crippen molar-refractivity contribution in [2.24, 2.45) is 0 Å². The van der Waals surface area contributed by atoms with Crippen LogP contribution < -0.4 is 0 Å². The Labute approximate surface area is 87.1 Å². The summed E-state index contributed by atoms with van der Waals surface area (Å²) >= 11 is 4.60. The normalized spacial score (nSPS) is 17.8. The quantitative estimate of drug-likeness (QED) is 0.620. The monoisotopic (exact) mass is 234 g/mol. The van der Waals surface area contributed by atoms with Crippen LogP contribution in [0.5, 0.6) is 0 Å². The van der Waals surface area contributed by atoms with Gasteiger partial charge in [-0.25, -0.2) is 0 Å². The molecule has 0 heterocycles. The molecule has 1 aromatic rings. The van der Waals surface area contributed by atoms with Gasteiger partial charge >= 0.3 is 5.77 Å². The van der Waals surface area contributed by atoms with Gasteiger partial charge in [-0.05, 0) is 12.5 Å². The molecule has 0 saturated carbocycles. The first-order valence-electron chi connectivity index (χ1n) is 3.78. The summed E-state index contributed by atoms with van der Waals surface area (Å²) in [5, 5.41) is -0.00506. The summed E-state index contributed by atoms with van der Waals surface area (Å²) in [6.07, 6.45) is 0. The molecule has 0 saturated heterocycles. The fourth-order valence-electron chi connectivity index (χ4n) is 0.991. The first-order chi connectivity index (χ1) is 5.99. The molecule has 0 spiro atoms. The molecule has 0 aliphatic heterocycles. The highest BCUT2D eigenvalue weighted by atomic mass is 33.1. The second-order valence-corrected chi connectivity index (χ2v) is 9.10. The first kappa shape index (κ1) is 11.2. The van der Waals surface area contributed by atoms with Crippen molar-refractivity contribution in [3.63, 3.8) is 0 Å². The minimum Gasteiger partial charge on any atom is -0.329 e. The van der Waals surface area contributed by atoms with Crippen molar-refractivity contribution in [2.45, 2.75) is 12.2 Å². The maximum atomic E-state index is 11.0. The third kappa shape index (κ3) is 4.23. The van der Waals surface area contributed by atoms with E-state index in [1.54, 1.807) is 0 Å². The van der Waals surface area contributed by atoms with Gasteiger partial charge in [-0.1, -0.05) is 54.0 Å². The van der Waals surface area contributed by atoms with Gasteiger partial charge in [0.15, 0.2) is 0 Å². The zero-order valence-electron chi connectivity index (χ0n) is 7.12. The van der Waals surface area contributed by atoms with Crippen LogP contribution in [0, 0.1) is 0 Å². The molecule has 13 heavy (non-hydrogen) atoms. The fourth-order valence-corrected chi connectivity index (χ4v) is 4.56. The minimum absolute atomic E-state index is 0.00506. The molecule has 1 N–H and O–H groups in total. The number of hydrogen-bond donors (Lipinski definition) is 2. The van der Waals surface area contributed by atoms with Crippen LogP contribution in [0.3, 0.4) is 0 Å². The number of hydrogen-bond acceptors (Lipinski definition) is 2. The van der Waals surface area contributed by atoms with Crippen LogP contribution in [-0.4, -0.2) is 4.89 Å². The second-order valence-electron chi connectivity index (χ2n) is 2.65. The van der Waals surface area contributed by atoms with Crippen molar-refractivity contribution >= 4 is 29.4 Å². The van der Waals surface area contributed by atoms with Crippen molar-refractivity contribution in [1.82, 2.24) is 0 Å². The lowest BCUT2D eigenvalue weighted by atomic mass is 10.2. The summed E-state index contributed by atoms with van der Waals surface area (Å²) in [7, 11) is 0. The summed E-state index contributed by atoms with van der Waals surface area (Å²) in [4.78, 5) is 9.03. The summed E-state index contributed by atoms with van der Waals surface area (Å²) in [6, 6.07) is 9.60. The zero-order chi connectivity index (χ0) is 9.90. The minimum atomic E-state index is -3.28. The van der Waals surface area contributed by atoms with Gasteiger partial charge < -0.3 is 4.89 Å². The molecule has 0 aromatic heterocycles. The van der Waals surface area contributed by atoms with Crippen molar-refractivity contribution < 1.29 is 9.46 Å². The van der Waals surface area contributed by atoms with Gasteiger partial charge in [0.2, 0.25) is 0 Å². The van der Waals surface area contributed by atoms with E-state index >= 15 is 0 Å². The van der Waals surface area contributed by atoms with Gasteiger partial charge in [0.05, 0.1) is 0 Å². The highest BCUT2D eigenvalue weighted by Gasteiger charge is 2.18. The summed E-state index contributed by atoms with van der Waals surface area (Å²) in [5.41, 5.74) is 1.04. The third-order valence-electron chi connectivity index (χ3n) is 1.56. The third-order valence-corrected chi connectivity index (χ3v) is 5.05. The molecule has 0 aliphatic carbocycles. The van der Waals surface area contributed by atoms with E-state index in [-0.39, 0.29) is 5.25 Å². The standard InChI is InChI=1S/C8H11O2PS2/c1-7(13-11(9,10)12)8-5-3-2-4-6-8/h2-7H,1H3,(H2,9,10,12). The van der Waals surface area contributed by atoms with Crippen molar-refractivity contribution in [2.75, 3.05) is 0 Å². The van der Waals surface area contributed by atoms with E-state index < -0.39 is 5.77 Å². The van der Waals surface area contributed by atoms with E-state index in [4.69, 9.17) is 4.89 Å². The Kier molecular flexibility index (Phi) is 3.92. The molecular weight excluding hydrogens is 223 g/mol. The summed E-state index contributed by atoms with van der Waals surface area (Å²) in [6.45, 7) is 1.89. The maximum Gasteiger partial charge on any atom is 0.308 e. The highest BCUT2D eigenvalue weighted by molar-refractivity contribution is 8.84. The summed E-state index contributed by atoms with van der Waals surface area (Å²) in [5.74, 6) is -3.28. The van der Waals surface area contributed by atoms with Crippen molar-refractivity contribution in [3.8, 4) is 0 Å². The van der Waals surface area contributed by atoms with E-state index in [1.807, 2.05) is 37.3 Å². The molecule has 1 rings (SSSR count). The van der Waals surface area contributed by atoms with E-state index in [9.17, 15) is 4.57 Å². The Bertz CT molecular complexity index is 309. The predicted molar refractivity (Wildman–Crippen MR) is 61.3 cm³/mol. The van der Waals surface area contributed by atoms with Crippen LogP contribution >= 0.6 is 29.4 Å². The molecule has 0 bridgehead atoms. The average Bonchev–Trinajstić information content (AvgIpc) is 2.03. The molecule has 0 radical (unpaired) electrons. The lowest BCUT2D eigenvalue weighted by Crippen LogP contribution is -1.85. The predicted octanol–water partition coefficient (Wildman–Crippen LogP) is 3.51. The largest absolute Gasteiger partial charge is 0.329 e. The Morgan fingerprint density at radius 3 is 2.46 bits per heavy atom. The lowest BCUT2D eigenvalue weighted by molar-refractivity contribution is 0.514. The Hall–Kier alpha value is 0.110. The molecule has 5 heteroatoms. The van der Waals surface area contributed by atoms with Gasteiger partial charge in [0.1, 0.15) is 0 Å². The second kappa shape index (κ2) is 4.56. The SMILES string of the molecule is CC(SP(=O)(O)S)c1ccccc1. The molecule has 0 fully saturated rings. The van der Waals surface area contributed by atoms with Crippen molar-refractivity contribution in [3.05, 3.63) is 35.9 Å². The Morgan fingerprint density at radius 2 is 2.00 bits per heavy atom. The lowest BCUT2D eigenvalue weighted by Gasteiger charge is -2.11. The van der Waals surface area contributed by atoms with E-state index in [1.165, 1.54) is 0 Å². The van der Waals surface area contributed by atoms with Crippen LogP contribution in [0.4, 0.5) is 0 Å². The summed E-state index contributed by atoms with van der Waals surface area (Å²) < 4.78 is 11.0. The topological polar surface area (TPSA) is 37.3 Å². The van der Waals surface area contributed by atoms with Gasteiger partial charge in [-0.2, -0.15) is 0 Å². The fraction of sp³-hybridized carbons (Fsp3) is 0.250. The molecule has 2 atom stereocenters. The molecular formula is C8H11O2PS2.